The predicted molar refractivity (Wildman–Crippen MR) is 112 cm³/mol. The Morgan fingerprint density at radius 3 is 2.41 bits per heavy atom. The second-order valence-corrected chi connectivity index (χ2v) is 7.43. The number of rotatable bonds is 6. The molecule has 146 valence electrons. The number of fused-ring (bicyclic) bond motifs is 1. The third-order valence-corrected chi connectivity index (χ3v) is 5.55. The topological polar surface area (TPSA) is 62.3 Å². The van der Waals surface area contributed by atoms with Gasteiger partial charge in [0.2, 0.25) is 11.8 Å². The molecule has 5 nitrogen and oxygen atoms in total. The van der Waals surface area contributed by atoms with Crippen LogP contribution < -0.4 is 10.2 Å². The summed E-state index contributed by atoms with van der Waals surface area (Å²) in [6, 6.07) is 21.4. The summed E-state index contributed by atoms with van der Waals surface area (Å²) in [6.45, 7) is 0.411. The Balaban J connectivity index is 1.64. The van der Waals surface area contributed by atoms with Crippen molar-refractivity contribution >= 4 is 17.5 Å². The van der Waals surface area contributed by atoms with Gasteiger partial charge in [-0.3, -0.25) is 14.6 Å². The Kier molecular flexibility index (Phi) is 5.12. The monoisotopic (exact) mass is 385 g/mol. The minimum Gasteiger partial charge on any atom is -0.352 e. The van der Waals surface area contributed by atoms with Crippen molar-refractivity contribution in [2.24, 2.45) is 0 Å². The smallest absolute Gasteiger partial charge is 0.238 e. The van der Waals surface area contributed by atoms with Gasteiger partial charge in [0.1, 0.15) is 0 Å². The van der Waals surface area contributed by atoms with E-state index in [9.17, 15) is 9.59 Å². The molecule has 4 rings (SSSR count). The average Bonchev–Trinajstić information content (AvgIpc) is 2.96. The molecule has 0 saturated carbocycles. The number of hydrogen-bond donors (Lipinski definition) is 1. The van der Waals surface area contributed by atoms with Gasteiger partial charge in [-0.1, -0.05) is 48.5 Å². The van der Waals surface area contributed by atoms with E-state index in [0.717, 1.165) is 22.4 Å². The van der Waals surface area contributed by atoms with Crippen molar-refractivity contribution in [3.05, 3.63) is 95.8 Å². The predicted octanol–water partition coefficient (Wildman–Crippen LogP) is 3.25. The number of amides is 2. The lowest BCUT2D eigenvalue weighted by atomic mass is 9.73. The Morgan fingerprint density at radius 1 is 0.966 bits per heavy atom. The number of aromatic nitrogens is 1. The van der Waals surface area contributed by atoms with Gasteiger partial charge >= 0.3 is 0 Å². The van der Waals surface area contributed by atoms with Gasteiger partial charge in [-0.25, -0.2) is 0 Å². The summed E-state index contributed by atoms with van der Waals surface area (Å²) < 4.78 is 0. The molecule has 3 aromatic rings. The van der Waals surface area contributed by atoms with Crippen LogP contribution in [-0.4, -0.2) is 23.8 Å². The molecule has 2 heterocycles. The summed E-state index contributed by atoms with van der Waals surface area (Å²) in [5, 5.41) is 2.97. The maximum absolute atomic E-state index is 13.4. The van der Waals surface area contributed by atoms with Crippen molar-refractivity contribution in [2.45, 2.75) is 24.8 Å². The first kappa shape index (κ1) is 18.9. The summed E-state index contributed by atoms with van der Waals surface area (Å²) in [6.07, 6.45) is 3.98. The summed E-state index contributed by atoms with van der Waals surface area (Å²) in [5.74, 6) is -0.183. The molecular weight excluding hydrogens is 362 g/mol. The molecule has 0 radical (unpaired) electrons. The van der Waals surface area contributed by atoms with E-state index >= 15 is 0 Å². The van der Waals surface area contributed by atoms with Crippen LogP contribution in [0.15, 0.2) is 79.1 Å². The van der Waals surface area contributed by atoms with E-state index in [-0.39, 0.29) is 18.2 Å². The van der Waals surface area contributed by atoms with Gasteiger partial charge in [0.05, 0.1) is 5.41 Å². The number of hydrogen-bond acceptors (Lipinski definition) is 3. The fourth-order valence-electron chi connectivity index (χ4n) is 4.10. The van der Waals surface area contributed by atoms with Crippen LogP contribution in [-0.2, 0) is 28.0 Å². The lowest BCUT2D eigenvalue weighted by molar-refractivity contribution is -0.129. The fourth-order valence-corrected chi connectivity index (χ4v) is 4.10. The van der Waals surface area contributed by atoms with Crippen LogP contribution in [0, 0.1) is 0 Å². The summed E-state index contributed by atoms with van der Waals surface area (Å²) in [5.41, 5.74) is 2.88. The number of likely N-dealkylation sites (N-methyl/N-ethyl adjacent to an activating group) is 1. The zero-order valence-electron chi connectivity index (χ0n) is 16.3. The van der Waals surface area contributed by atoms with Crippen LogP contribution in [0.5, 0.6) is 0 Å². The van der Waals surface area contributed by atoms with Crippen molar-refractivity contribution in [1.29, 1.82) is 0 Å². The molecule has 0 saturated heterocycles. The van der Waals surface area contributed by atoms with Crippen LogP contribution in [0.4, 0.5) is 5.69 Å². The Labute approximate surface area is 170 Å². The minimum atomic E-state index is -0.908. The number of carbonyl (C=O) groups excluding carboxylic acids is 2. The molecule has 1 aliphatic heterocycles. The number of benzene rings is 2. The summed E-state index contributed by atoms with van der Waals surface area (Å²) >= 11 is 0. The zero-order valence-corrected chi connectivity index (χ0v) is 16.3. The Bertz CT molecular complexity index is 1020. The van der Waals surface area contributed by atoms with Gasteiger partial charge in [-0.15, -0.1) is 0 Å². The first-order valence-electron chi connectivity index (χ1n) is 9.67. The van der Waals surface area contributed by atoms with E-state index in [2.05, 4.69) is 10.3 Å². The van der Waals surface area contributed by atoms with Crippen molar-refractivity contribution in [3.63, 3.8) is 0 Å². The highest BCUT2D eigenvalue weighted by Gasteiger charge is 2.50. The quantitative estimate of drug-likeness (QED) is 0.709. The molecule has 1 N–H and O–H groups in total. The molecule has 0 spiro atoms. The first-order chi connectivity index (χ1) is 14.1. The highest BCUT2D eigenvalue weighted by atomic mass is 16.2. The van der Waals surface area contributed by atoms with E-state index in [1.807, 2.05) is 66.7 Å². The van der Waals surface area contributed by atoms with Gasteiger partial charge in [0.15, 0.2) is 0 Å². The van der Waals surface area contributed by atoms with E-state index in [1.54, 1.807) is 24.3 Å². The van der Waals surface area contributed by atoms with Crippen LogP contribution in [0.1, 0.15) is 23.1 Å². The molecule has 0 aliphatic carbocycles. The van der Waals surface area contributed by atoms with E-state index in [0.29, 0.717) is 13.0 Å². The fraction of sp³-hybridized carbons (Fsp3) is 0.208. The van der Waals surface area contributed by atoms with Crippen LogP contribution in [0.3, 0.4) is 0 Å². The Hall–Kier alpha value is -3.47. The molecular formula is C24H23N3O2. The van der Waals surface area contributed by atoms with Crippen molar-refractivity contribution in [3.8, 4) is 0 Å². The summed E-state index contributed by atoms with van der Waals surface area (Å²) in [7, 11) is 1.78. The number of para-hydroxylation sites is 1. The third-order valence-electron chi connectivity index (χ3n) is 5.55. The normalized spacial score (nSPS) is 17.8. The maximum atomic E-state index is 13.4. The van der Waals surface area contributed by atoms with E-state index in [4.69, 9.17) is 0 Å². The minimum absolute atomic E-state index is 0.0402. The number of nitrogens with one attached hydrogen (secondary N) is 1. The third kappa shape index (κ3) is 3.63. The molecule has 0 fully saturated rings. The molecule has 1 aliphatic rings. The molecule has 2 amide bonds. The lowest BCUT2D eigenvalue weighted by Gasteiger charge is -2.28. The van der Waals surface area contributed by atoms with E-state index < -0.39 is 5.41 Å². The standard InChI is InChI=1S/C24H23N3O2/c1-27-21-10-6-5-9-20(21)24(23(27)29,15-18-7-3-2-4-8-18)16-22(28)26-17-19-11-13-25-14-12-19/h2-14H,15-17H2,1H3,(H,26,28)/t24-/m0/s1. The molecule has 0 unspecified atom stereocenters. The highest BCUT2D eigenvalue weighted by Crippen LogP contribution is 2.45. The van der Waals surface area contributed by atoms with Crippen molar-refractivity contribution in [1.82, 2.24) is 10.3 Å². The molecule has 2 aromatic carbocycles. The van der Waals surface area contributed by atoms with Gasteiger partial charge in [0, 0.05) is 38.1 Å². The van der Waals surface area contributed by atoms with Gasteiger partial charge < -0.3 is 10.2 Å². The van der Waals surface area contributed by atoms with Crippen molar-refractivity contribution in [2.75, 3.05) is 11.9 Å². The molecule has 5 heteroatoms. The zero-order chi connectivity index (χ0) is 20.3. The number of pyridine rings is 1. The van der Waals surface area contributed by atoms with Crippen LogP contribution >= 0.6 is 0 Å². The van der Waals surface area contributed by atoms with Gasteiger partial charge in [-0.2, -0.15) is 0 Å². The lowest BCUT2D eigenvalue weighted by Crippen LogP contribution is -2.44. The second-order valence-electron chi connectivity index (χ2n) is 7.43. The van der Waals surface area contributed by atoms with E-state index in [1.165, 1.54) is 0 Å². The van der Waals surface area contributed by atoms with Crippen LogP contribution in [0.25, 0.3) is 0 Å². The SMILES string of the molecule is CN1C(=O)[C@](CC(=O)NCc2ccncc2)(Cc2ccccc2)c2ccccc21. The first-order valence-corrected chi connectivity index (χ1v) is 9.67. The average molecular weight is 385 g/mol. The second kappa shape index (κ2) is 7.87. The number of nitrogens with zero attached hydrogens (tertiary/aromatic N) is 2. The number of anilines is 1. The molecule has 29 heavy (non-hydrogen) atoms. The maximum Gasteiger partial charge on any atom is 0.238 e. The highest BCUT2D eigenvalue weighted by molar-refractivity contribution is 6.09. The molecule has 0 bridgehead atoms. The van der Waals surface area contributed by atoms with Gasteiger partial charge in [0.25, 0.3) is 0 Å². The van der Waals surface area contributed by atoms with Gasteiger partial charge in [-0.05, 0) is 41.3 Å². The molecule has 1 aromatic heterocycles. The van der Waals surface area contributed by atoms with Crippen LogP contribution in [0.2, 0.25) is 0 Å². The number of carbonyl (C=O) groups is 2. The largest absolute Gasteiger partial charge is 0.352 e. The summed E-state index contributed by atoms with van der Waals surface area (Å²) in [4.78, 5) is 32.0. The molecule has 1 atom stereocenters. The Morgan fingerprint density at radius 2 is 1.66 bits per heavy atom. The van der Waals surface area contributed by atoms with Crippen molar-refractivity contribution < 1.29 is 9.59 Å².